The van der Waals surface area contributed by atoms with Crippen molar-refractivity contribution in [1.29, 1.82) is 0 Å². The first-order chi connectivity index (χ1) is 13.5. The smallest absolute Gasteiger partial charge is 0.408 e. The summed E-state index contributed by atoms with van der Waals surface area (Å²) in [5.41, 5.74) is 0.800. The minimum absolute atomic E-state index is 0.0472. The predicted molar refractivity (Wildman–Crippen MR) is 102 cm³/mol. The van der Waals surface area contributed by atoms with Gasteiger partial charge in [-0.25, -0.2) is 4.79 Å². The topological polar surface area (TPSA) is 126 Å². The maximum absolute atomic E-state index is 12.5. The zero-order chi connectivity index (χ0) is 20.4. The van der Waals surface area contributed by atoms with E-state index < -0.39 is 35.8 Å². The van der Waals surface area contributed by atoms with Crippen LogP contribution in [-0.2, 0) is 25.7 Å². The lowest BCUT2D eigenvalue weighted by molar-refractivity contribution is -0.140. The van der Waals surface area contributed by atoms with Gasteiger partial charge in [-0.15, -0.1) is 0 Å². The molecule has 1 aromatic rings. The number of ether oxygens (including phenoxy) is 1. The Morgan fingerprint density at radius 1 is 1.29 bits per heavy atom. The van der Waals surface area contributed by atoms with Crippen molar-refractivity contribution in [2.75, 3.05) is 13.6 Å². The van der Waals surface area contributed by atoms with Crippen LogP contribution in [0.1, 0.15) is 24.8 Å². The van der Waals surface area contributed by atoms with Gasteiger partial charge in [-0.05, 0) is 24.8 Å². The summed E-state index contributed by atoms with van der Waals surface area (Å²) in [6.07, 6.45) is 2.18. The second-order valence-electron chi connectivity index (χ2n) is 6.27. The Morgan fingerprint density at radius 2 is 2.04 bits per heavy atom. The SMILES string of the molecule is C/N=C/C(NC(=O)OCc1ccccc1)C(=O)NC1CCCCNC(=O)C1=O. The van der Waals surface area contributed by atoms with Crippen molar-refractivity contribution in [3.05, 3.63) is 35.9 Å². The van der Waals surface area contributed by atoms with Crippen LogP contribution in [0.3, 0.4) is 0 Å². The molecule has 1 heterocycles. The Balaban J connectivity index is 1.93. The Bertz CT molecular complexity index is 735. The van der Waals surface area contributed by atoms with Crippen LogP contribution in [-0.4, -0.2) is 55.6 Å². The predicted octanol–water partition coefficient (Wildman–Crippen LogP) is 0.336. The van der Waals surface area contributed by atoms with Crippen LogP contribution >= 0.6 is 0 Å². The zero-order valence-electron chi connectivity index (χ0n) is 15.6. The van der Waals surface area contributed by atoms with E-state index in [9.17, 15) is 19.2 Å². The molecule has 2 unspecified atom stereocenters. The first-order valence-electron chi connectivity index (χ1n) is 9.03. The van der Waals surface area contributed by atoms with Gasteiger partial charge in [0.25, 0.3) is 5.91 Å². The molecule has 1 saturated heterocycles. The van der Waals surface area contributed by atoms with Gasteiger partial charge in [-0.2, -0.15) is 0 Å². The molecule has 1 aromatic carbocycles. The van der Waals surface area contributed by atoms with Crippen LogP contribution in [0.15, 0.2) is 35.3 Å². The molecule has 1 aliphatic rings. The van der Waals surface area contributed by atoms with E-state index in [1.807, 2.05) is 18.2 Å². The normalized spacial score (nSPS) is 18.5. The van der Waals surface area contributed by atoms with Gasteiger partial charge in [0.2, 0.25) is 11.7 Å². The third kappa shape index (κ3) is 6.49. The molecule has 0 aliphatic carbocycles. The van der Waals surface area contributed by atoms with Crippen molar-refractivity contribution < 1.29 is 23.9 Å². The number of benzene rings is 1. The monoisotopic (exact) mass is 388 g/mol. The van der Waals surface area contributed by atoms with Crippen LogP contribution in [0.5, 0.6) is 0 Å². The van der Waals surface area contributed by atoms with E-state index in [4.69, 9.17) is 4.74 Å². The Hall–Kier alpha value is -3.23. The number of amides is 3. The number of alkyl carbamates (subject to hydrolysis) is 1. The van der Waals surface area contributed by atoms with Crippen molar-refractivity contribution in [3.63, 3.8) is 0 Å². The summed E-state index contributed by atoms with van der Waals surface area (Å²) >= 11 is 0. The highest BCUT2D eigenvalue weighted by atomic mass is 16.5. The van der Waals surface area contributed by atoms with Crippen molar-refractivity contribution in [1.82, 2.24) is 16.0 Å². The molecule has 0 aromatic heterocycles. The van der Waals surface area contributed by atoms with Gasteiger partial charge in [0, 0.05) is 19.8 Å². The number of carbonyl (C=O) groups is 4. The van der Waals surface area contributed by atoms with Crippen LogP contribution in [0.4, 0.5) is 4.79 Å². The van der Waals surface area contributed by atoms with Gasteiger partial charge in [0.15, 0.2) is 0 Å². The van der Waals surface area contributed by atoms with Crippen molar-refractivity contribution in [3.8, 4) is 0 Å². The number of Topliss-reactive ketones (excluding diaryl/α,β-unsaturated/α-hetero) is 1. The first kappa shape index (κ1) is 21.1. The Labute approximate surface area is 162 Å². The van der Waals surface area contributed by atoms with Gasteiger partial charge in [-0.3, -0.25) is 19.4 Å². The van der Waals surface area contributed by atoms with Gasteiger partial charge >= 0.3 is 6.09 Å². The molecule has 2 rings (SSSR count). The van der Waals surface area contributed by atoms with E-state index in [1.165, 1.54) is 13.3 Å². The summed E-state index contributed by atoms with van der Waals surface area (Å²) in [7, 11) is 1.45. The lowest BCUT2D eigenvalue weighted by atomic mass is 10.0. The Morgan fingerprint density at radius 3 is 2.75 bits per heavy atom. The Kier molecular flexibility index (Phi) is 8.13. The van der Waals surface area contributed by atoms with E-state index in [0.29, 0.717) is 19.4 Å². The summed E-state index contributed by atoms with van der Waals surface area (Å²) in [6, 6.07) is 7.01. The minimum Gasteiger partial charge on any atom is -0.445 e. The second kappa shape index (κ2) is 10.8. The van der Waals surface area contributed by atoms with E-state index in [-0.39, 0.29) is 6.61 Å². The number of ketones is 1. The molecule has 3 N–H and O–H groups in total. The first-order valence-corrected chi connectivity index (χ1v) is 9.03. The third-order valence-corrected chi connectivity index (χ3v) is 4.13. The summed E-state index contributed by atoms with van der Waals surface area (Å²) in [4.78, 5) is 52.1. The number of rotatable bonds is 6. The minimum atomic E-state index is -1.13. The fourth-order valence-electron chi connectivity index (χ4n) is 2.66. The summed E-state index contributed by atoms with van der Waals surface area (Å²) < 4.78 is 5.10. The van der Waals surface area contributed by atoms with Crippen LogP contribution < -0.4 is 16.0 Å². The number of hydrogen-bond donors (Lipinski definition) is 3. The van der Waals surface area contributed by atoms with E-state index >= 15 is 0 Å². The number of nitrogens with zero attached hydrogens (tertiary/aromatic N) is 1. The molecule has 0 spiro atoms. The highest BCUT2D eigenvalue weighted by molar-refractivity contribution is 6.38. The summed E-state index contributed by atoms with van der Waals surface area (Å²) in [5, 5.41) is 7.42. The highest BCUT2D eigenvalue weighted by Gasteiger charge is 2.30. The van der Waals surface area contributed by atoms with Crippen LogP contribution in [0.2, 0.25) is 0 Å². The highest BCUT2D eigenvalue weighted by Crippen LogP contribution is 2.06. The van der Waals surface area contributed by atoms with E-state index in [1.54, 1.807) is 12.1 Å². The average molecular weight is 388 g/mol. The van der Waals surface area contributed by atoms with Crippen molar-refractivity contribution in [2.24, 2.45) is 4.99 Å². The molecule has 9 heteroatoms. The van der Waals surface area contributed by atoms with Crippen LogP contribution in [0.25, 0.3) is 0 Å². The van der Waals surface area contributed by atoms with Gasteiger partial charge < -0.3 is 20.7 Å². The number of carbonyl (C=O) groups excluding carboxylic acids is 4. The molecule has 1 aliphatic heterocycles. The fourth-order valence-corrected chi connectivity index (χ4v) is 2.66. The average Bonchev–Trinajstić information content (AvgIpc) is 2.69. The molecule has 3 amide bonds. The molecule has 0 saturated carbocycles. The molecular weight excluding hydrogens is 364 g/mol. The zero-order valence-corrected chi connectivity index (χ0v) is 15.6. The number of nitrogens with one attached hydrogen (secondary N) is 3. The van der Waals surface area contributed by atoms with E-state index in [0.717, 1.165) is 12.0 Å². The lowest BCUT2D eigenvalue weighted by Gasteiger charge is -2.22. The molecule has 1 fully saturated rings. The van der Waals surface area contributed by atoms with Gasteiger partial charge in [0.1, 0.15) is 12.6 Å². The maximum Gasteiger partial charge on any atom is 0.408 e. The lowest BCUT2D eigenvalue weighted by Crippen LogP contribution is -2.55. The molecule has 0 radical (unpaired) electrons. The fraction of sp³-hybridized carbons (Fsp3) is 0.421. The third-order valence-electron chi connectivity index (χ3n) is 4.13. The summed E-state index contributed by atoms with van der Waals surface area (Å²) in [6.45, 7) is 0.483. The quantitative estimate of drug-likeness (QED) is 0.478. The molecule has 9 nitrogen and oxygen atoms in total. The van der Waals surface area contributed by atoms with Crippen molar-refractivity contribution >= 4 is 29.9 Å². The van der Waals surface area contributed by atoms with Gasteiger partial charge in [0.05, 0.1) is 6.04 Å². The molecule has 0 bridgehead atoms. The molecule has 150 valence electrons. The maximum atomic E-state index is 12.5. The number of hydrogen-bond acceptors (Lipinski definition) is 6. The van der Waals surface area contributed by atoms with Crippen LogP contribution in [0, 0.1) is 0 Å². The molecular formula is C19H24N4O5. The summed E-state index contributed by atoms with van der Waals surface area (Å²) in [5.74, 6) is -2.07. The second-order valence-corrected chi connectivity index (χ2v) is 6.27. The van der Waals surface area contributed by atoms with Crippen molar-refractivity contribution in [2.45, 2.75) is 38.0 Å². The van der Waals surface area contributed by atoms with Gasteiger partial charge in [-0.1, -0.05) is 30.3 Å². The standard InChI is InChI=1S/C19H24N4O5/c1-20-11-15(23-19(27)28-12-13-7-3-2-4-8-13)17(25)22-14-9-5-6-10-21-18(26)16(14)24/h2-4,7-8,11,14-15H,5-6,9-10,12H2,1H3,(H,21,26)(H,22,25)(H,23,27)/b20-11+. The molecule has 28 heavy (non-hydrogen) atoms. The molecule has 2 atom stereocenters. The number of aliphatic imine (C=N–C) groups is 1. The largest absolute Gasteiger partial charge is 0.445 e. The van der Waals surface area contributed by atoms with E-state index in [2.05, 4.69) is 20.9 Å².